The molecule has 1 aliphatic carbocycles. The third-order valence-electron chi connectivity index (χ3n) is 5.36. The fourth-order valence-electron chi connectivity index (χ4n) is 3.48. The van der Waals surface area contributed by atoms with Crippen molar-refractivity contribution in [3.8, 4) is 0 Å². The van der Waals surface area contributed by atoms with Gasteiger partial charge in [0.1, 0.15) is 5.71 Å². The number of aliphatic imine (C=N–C) groups is 1. The fraction of sp³-hybridized carbons (Fsp3) is 0.348. The van der Waals surface area contributed by atoms with Gasteiger partial charge in [0, 0.05) is 23.8 Å². The van der Waals surface area contributed by atoms with Crippen LogP contribution >= 0.6 is 11.8 Å². The molecule has 2 unspecified atom stereocenters. The lowest BCUT2D eigenvalue weighted by molar-refractivity contribution is -0.115. The number of allylic oxidation sites excluding steroid dienone is 3. The molecule has 0 radical (unpaired) electrons. The Morgan fingerprint density at radius 3 is 2.87 bits per heavy atom. The molecule has 2 bridgehead atoms. The lowest BCUT2D eigenvalue weighted by atomic mass is 9.79. The van der Waals surface area contributed by atoms with Gasteiger partial charge in [-0.15, -0.1) is 11.8 Å². The number of amides is 1. The lowest BCUT2D eigenvalue weighted by Gasteiger charge is -2.44. The quantitative estimate of drug-likeness (QED) is 0.468. The number of alkyl halides is 2. The van der Waals surface area contributed by atoms with Crippen molar-refractivity contribution in [1.29, 1.82) is 0 Å². The van der Waals surface area contributed by atoms with Gasteiger partial charge in [0.05, 0.1) is 16.5 Å². The number of nitrogens with zero attached hydrogens (tertiary/aromatic N) is 2. The summed E-state index contributed by atoms with van der Waals surface area (Å²) in [5.74, 6) is -3.98. The molecular weight excluding hydrogens is 418 g/mol. The second-order valence-electron chi connectivity index (χ2n) is 7.55. The van der Waals surface area contributed by atoms with Crippen LogP contribution in [-0.4, -0.2) is 35.6 Å². The van der Waals surface area contributed by atoms with Crippen molar-refractivity contribution in [2.24, 2.45) is 10.7 Å². The average molecular weight is 445 g/mol. The Labute approximate surface area is 185 Å². The number of halogens is 2. The second-order valence-corrected chi connectivity index (χ2v) is 8.96. The van der Waals surface area contributed by atoms with Gasteiger partial charge in [-0.1, -0.05) is 19.6 Å². The van der Waals surface area contributed by atoms with E-state index in [1.807, 2.05) is 19.2 Å². The van der Waals surface area contributed by atoms with E-state index in [0.29, 0.717) is 6.08 Å². The van der Waals surface area contributed by atoms with Gasteiger partial charge in [-0.3, -0.25) is 14.8 Å². The van der Waals surface area contributed by atoms with Crippen molar-refractivity contribution in [3.63, 3.8) is 0 Å². The van der Waals surface area contributed by atoms with Crippen molar-refractivity contribution in [2.75, 3.05) is 7.05 Å². The van der Waals surface area contributed by atoms with Crippen LogP contribution in [-0.2, 0) is 16.0 Å². The summed E-state index contributed by atoms with van der Waals surface area (Å²) in [5.41, 5.74) is 7.91. The zero-order chi connectivity index (χ0) is 22.8. The number of carbonyl (C=O) groups excluding carboxylic acids is 1. The maximum atomic E-state index is 13.6. The minimum absolute atomic E-state index is 0.163. The van der Waals surface area contributed by atoms with Crippen molar-refractivity contribution in [1.82, 2.24) is 10.3 Å². The molecule has 164 valence electrons. The molecule has 5 nitrogen and oxygen atoms in total. The van der Waals surface area contributed by atoms with E-state index in [4.69, 9.17) is 5.73 Å². The van der Waals surface area contributed by atoms with Crippen molar-refractivity contribution in [3.05, 3.63) is 76.6 Å². The standard InChI is InChI=1S/C23H26F2N4OS/c1-5-17-10-16(7-8-28-17)22-12-15(13-22)9-19(31-22)14(3)29-21(30)18(27-4)11-20(26)23(24,25)6-2/h6-12,14H,2,5,13,26H2,1,3-4H3,(H,29,30)/b20-11-,27-18?. The van der Waals surface area contributed by atoms with Crippen molar-refractivity contribution >= 4 is 23.4 Å². The zero-order valence-corrected chi connectivity index (χ0v) is 18.6. The number of thioether (sulfide) groups is 1. The number of nitrogens with one attached hydrogen (secondary N) is 1. The van der Waals surface area contributed by atoms with Gasteiger partial charge in [0.15, 0.2) is 0 Å². The summed E-state index contributed by atoms with van der Waals surface area (Å²) in [6.07, 6.45) is 9.24. The number of aromatic nitrogens is 1. The van der Waals surface area contributed by atoms with Crippen LogP contribution in [0.4, 0.5) is 8.78 Å². The Hall–Kier alpha value is -2.74. The van der Waals surface area contributed by atoms with E-state index in [-0.39, 0.29) is 16.5 Å². The molecule has 3 N–H and O–H groups in total. The predicted molar refractivity (Wildman–Crippen MR) is 122 cm³/mol. The smallest absolute Gasteiger partial charge is 0.305 e. The molecular formula is C23H26F2N4OS. The van der Waals surface area contributed by atoms with E-state index >= 15 is 0 Å². The summed E-state index contributed by atoms with van der Waals surface area (Å²) < 4.78 is 27.1. The first-order valence-corrected chi connectivity index (χ1v) is 10.8. The maximum Gasteiger partial charge on any atom is 0.305 e. The van der Waals surface area contributed by atoms with Crippen molar-refractivity contribution in [2.45, 2.75) is 43.4 Å². The first kappa shape index (κ1) is 22.9. The molecule has 1 amide bonds. The molecule has 31 heavy (non-hydrogen) atoms. The summed E-state index contributed by atoms with van der Waals surface area (Å²) in [5, 5.41) is 2.84. The molecule has 4 rings (SSSR count). The number of hydrogen-bond acceptors (Lipinski definition) is 5. The second kappa shape index (κ2) is 8.78. The molecule has 3 heterocycles. The Bertz CT molecular complexity index is 1030. The van der Waals surface area contributed by atoms with E-state index in [1.165, 1.54) is 18.2 Å². The summed E-state index contributed by atoms with van der Waals surface area (Å²) in [7, 11) is 1.35. The normalized spacial score (nSPS) is 22.1. The van der Waals surface area contributed by atoms with E-state index in [2.05, 4.69) is 47.0 Å². The number of carbonyl (C=O) groups is 1. The number of nitrogens with two attached hydrogens (primary N) is 1. The Balaban J connectivity index is 1.73. The fourth-order valence-corrected chi connectivity index (χ4v) is 5.04. The highest BCUT2D eigenvalue weighted by molar-refractivity contribution is 8.04. The van der Waals surface area contributed by atoms with Crippen molar-refractivity contribution < 1.29 is 13.6 Å². The van der Waals surface area contributed by atoms with Gasteiger partial charge in [0.2, 0.25) is 0 Å². The van der Waals surface area contributed by atoms with E-state index in [9.17, 15) is 13.6 Å². The van der Waals surface area contributed by atoms with Crippen LogP contribution in [0.2, 0.25) is 0 Å². The highest BCUT2D eigenvalue weighted by atomic mass is 32.2. The third-order valence-corrected chi connectivity index (χ3v) is 6.93. The van der Waals surface area contributed by atoms with Gasteiger partial charge >= 0.3 is 5.92 Å². The molecule has 3 aliphatic rings. The highest BCUT2D eigenvalue weighted by Gasteiger charge is 2.44. The molecule has 0 saturated heterocycles. The van der Waals surface area contributed by atoms with Gasteiger partial charge in [0.25, 0.3) is 5.91 Å². The molecule has 8 heteroatoms. The number of fused-ring (bicyclic) bond motifs is 1. The number of pyridine rings is 1. The molecule has 1 aromatic heterocycles. The summed E-state index contributed by atoms with van der Waals surface area (Å²) in [6.45, 7) is 6.99. The van der Waals surface area contributed by atoms with E-state index < -0.39 is 17.5 Å². The zero-order valence-electron chi connectivity index (χ0n) is 17.8. The largest absolute Gasteiger partial charge is 0.397 e. The van der Waals surface area contributed by atoms with Crippen LogP contribution in [0.5, 0.6) is 0 Å². The molecule has 0 saturated carbocycles. The monoisotopic (exact) mass is 444 g/mol. The average Bonchev–Trinajstić information content (AvgIpc) is 2.76. The van der Waals surface area contributed by atoms with Gasteiger partial charge in [-0.05, 0) is 61.3 Å². The minimum Gasteiger partial charge on any atom is -0.397 e. The molecule has 2 aliphatic heterocycles. The third kappa shape index (κ3) is 4.63. The topological polar surface area (TPSA) is 80.4 Å². The minimum atomic E-state index is -3.41. The molecule has 0 spiro atoms. The Morgan fingerprint density at radius 2 is 2.26 bits per heavy atom. The van der Waals surface area contributed by atoms with Crippen LogP contribution < -0.4 is 11.1 Å². The first-order valence-electron chi connectivity index (χ1n) is 9.98. The van der Waals surface area contributed by atoms with Gasteiger partial charge < -0.3 is 11.1 Å². The molecule has 0 fully saturated rings. The first-order chi connectivity index (χ1) is 14.6. The van der Waals surface area contributed by atoms with Crippen LogP contribution in [0.15, 0.2) is 70.4 Å². The van der Waals surface area contributed by atoms with Gasteiger partial charge in [-0.2, -0.15) is 8.78 Å². The predicted octanol–water partition coefficient (Wildman–Crippen LogP) is 4.04. The number of hydrogen-bond donors (Lipinski definition) is 2. The SMILES string of the molecule is C=CC(F)(F)/C(N)=C/C(=NC)C(=O)NC(C)C1=CC2=CC(c3ccnc(CC)c3)(C2)S1. The van der Waals surface area contributed by atoms with Gasteiger partial charge in [-0.25, -0.2) is 0 Å². The maximum absolute atomic E-state index is 13.6. The highest BCUT2D eigenvalue weighted by Crippen LogP contribution is 2.58. The number of rotatable bonds is 8. The summed E-state index contributed by atoms with van der Waals surface area (Å²) in [4.78, 5) is 21.8. The van der Waals surface area contributed by atoms with Crippen LogP contribution in [0.3, 0.4) is 0 Å². The summed E-state index contributed by atoms with van der Waals surface area (Å²) in [6, 6.07) is 3.84. The Morgan fingerprint density at radius 1 is 1.55 bits per heavy atom. The molecule has 1 aromatic rings. The number of aryl methyl sites for hydroxylation is 1. The van der Waals surface area contributed by atoms with Crippen LogP contribution in [0.25, 0.3) is 0 Å². The van der Waals surface area contributed by atoms with Crippen LogP contribution in [0, 0.1) is 0 Å². The molecule has 0 aromatic carbocycles. The molecule has 2 atom stereocenters. The van der Waals surface area contributed by atoms with E-state index in [1.54, 1.807) is 11.8 Å². The lowest BCUT2D eigenvalue weighted by Crippen LogP contribution is -2.41. The van der Waals surface area contributed by atoms with E-state index in [0.717, 1.165) is 29.5 Å². The van der Waals surface area contributed by atoms with Crippen LogP contribution in [0.1, 0.15) is 31.5 Å². The Kier molecular flexibility index (Phi) is 6.50. The summed E-state index contributed by atoms with van der Waals surface area (Å²) >= 11 is 1.69.